The largest absolute Gasteiger partial charge is 0.336 e. The first-order chi connectivity index (χ1) is 17.0. The van der Waals surface area contributed by atoms with Crippen molar-refractivity contribution in [3.05, 3.63) is 66.4 Å². The Morgan fingerprint density at radius 3 is 2.26 bits per heavy atom. The lowest BCUT2D eigenvalue weighted by Crippen LogP contribution is -2.46. The molecule has 2 saturated heterocycles. The SMILES string of the molecule is O=C(c1ccc(Nc2nccc(-c3ccc(S(=O)(=O)N4CCCC4)cc3)n2)cc1)N1CCNCC1. The molecule has 0 unspecified atom stereocenters. The van der Waals surface area contributed by atoms with Crippen molar-refractivity contribution in [1.82, 2.24) is 24.5 Å². The van der Waals surface area contributed by atoms with E-state index in [-0.39, 0.29) is 5.91 Å². The normalized spacial score (nSPS) is 16.9. The number of hydrogen-bond donors (Lipinski definition) is 2. The summed E-state index contributed by atoms with van der Waals surface area (Å²) in [4.78, 5) is 23.7. The van der Waals surface area contributed by atoms with Crippen molar-refractivity contribution in [1.29, 1.82) is 0 Å². The lowest BCUT2D eigenvalue weighted by Gasteiger charge is -2.27. The van der Waals surface area contributed by atoms with Crippen molar-refractivity contribution in [3.63, 3.8) is 0 Å². The number of nitrogens with one attached hydrogen (secondary N) is 2. The highest BCUT2D eigenvalue weighted by molar-refractivity contribution is 7.89. The van der Waals surface area contributed by atoms with E-state index in [1.165, 1.54) is 4.31 Å². The fraction of sp³-hybridized carbons (Fsp3) is 0.320. The van der Waals surface area contributed by atoms with Crippen LogP contribution in [-0.2, 0) is 10.0 Å². The summed E-state index contributed by atoms with van der Waals surface area (Å²) in [5.74, 6) is 0.448. The van der Waals surface area contributed by atoms with Crippen molar-refractivity contribution < 1.29 is 13.2 Å². The molecule has 0 atom stereocenters. The number of piperazine rings is 1. The zero-order chi connectivity index (χ0) is 24.3. The van der Waals surface area contributed by atoms with Crippen molar-refractivity contribution in [3.8, 4) is 11.3 Å². The number of sulfonamides is 1. The molecule has 182 valence electrons. The smallest absolute Gasteiger partial charge is 0.253 e. The molecular weight excluding hydrogens is 464 g/mol. The van der Waals surface area contributed by atoms with Crippen LogP contribution in [0.25, 0.3) is 11.3 Å². The van der Waals surface area contributed by atoms with E-state index in [1.807, 2.05) is 17.0 Å². The number of benzene rings is 2. The molecule has 0 aliphatic carbocycles. The van der Waals surface area contributed by atoms with Gasteiger partial charge in [0.2, 0.25) is 16.0 Å². The van der Waals surface area contributed by atoms with Crippen molar-refractivity contribution in [2.45, 2.75) is 17.7 Å². The number of carbonyl (C=O) groups excluding carboxylic acids is 1. The van der Waals surface area contributed by atoms with Gasteiger partial charge in [0.25, 0.3) is 5.91 Å². The Morgan fingerprint density at radius 1 is 0.886 bits per heavy atom. The van der Waals surface area contributed by atoms with Gasteiger partial charge < -0.3 is 15.5 Å². The maximum Gasteiger partial charge on any atom is 0.253 e. The molecule has 2 aromatic carbocycles. The monoisotopic (exact) mass is 492 g/mol. The molecule has 1 aromatic heterocycles. The Hall–Kier alpha value is -3.34. The van der Waals surface area contributed by atoms with Crippen LogP contribution < -0.4 is 10.6 Å². The summed E-state index contributed by atoms with van der Waals surface area (Å²) in [5, 5.41) is 6.42. The summed E-state index contributed by atoms with van der Waals surface area (Å²) in [6.07, 6.45) is 3.47. The predicted molar refractivity (Wildman–Crippen MR) is 134 cm³/mol. The second-order valence-electron chi connectivity index (χ2n) is 8.65. The number of rotatable bonds is 6. The van der Waals surface area contributed by atoms with Gasteiger partial charge in [0.15, 0.2) is 0 Å². The zero-order valence-corrected chi connectivity index (χ0v) is 20.2. The molecule has 2 aliphatic rings. The summed E-state index contributed by atoms with van der Waals surface area (Å²) in [6, 6.07) is 15.9. The van der Waals surface area contributed by atoms with E-state index in [9.17, 15) is 13.2 Å². The number of hydrogen-bond acceptors (Lipinski definition) is 7. The summed E-state index contributed by atoms with van der Waals surface area (Å²) in [5.41, 5.74) is 2.90. The first-order valence-corrected chi connectivity index (χ1v) is 13.3. The molecule has 0 spiro atoms. The molecule has 9 nitrogen and oxygen atoms in total. The Labute approximate surface area is 205 Å². The number of carbonyl (C=O) groups is 1. The third-order valence-corrected chi connectivity index (χ3v) is 8.21. The molecule has 35 heavy (non-hydrogen) atoms. The second kappa shape index (κ2) is 10.1. The molecule has 2 fully saturated rings. The van der Waals surface area contributed by atoms with E-state index in [0.717, 1.165) is 37.2 Å². The number of aromatic nitrogens is 2. The zero-order valence-electron chi connectivity index (χ0n) is 19.4. The average molecular weight is 493 g/mol. The Kier molecular flexibility index (Phi) is 6.76. The third-order valence-electron chi connectivity index (χ3n) is 6.30. The Morgan fingerprint density at radius 2 is 1.57 bits per heavy atom. The van der Waals surface area contributed by atoms with Gasteiger partial charge in [0.05, 0.1) is 10.6 Å². The summed E-state index contributed by atoms with van der Waals surface area (Å²) >= 11 is 0. The van der Waals surface area contributed by atoms with Crippen LogP contribution >= 0.6 is 0 Å². The minimum atomic E-state index is -3.45. The quantitative estimate of drug-likeness (QED) is 0.545. The van der Waals surface area contributed by atoms with Crippen LogP contribution in [0, 0.1) is 0 Å². The first-order valence-electron chi connectivity index (χ1n) is 11.8. The van der Waals surface area contributed by atoms with Gasteiger partial charge in [-0.3, -0.25) is 4.79 Å². The topological polar surface area (TPSA) is 108 Å². The van der Waals surface area contributed by atoms with E-state index >= 15 is 0 Å². The van der Waals surface area contributed by atoms with Gasteiger partial charge in [-0.2, -0.15) is 4.31 Å². The molecule has 10 heteroatoms. The second-order valence-corrected chi connectivity index (χ2v) is 10.6. The fourth-order valence-electron chi connectivity index (χ4n) is 4.33. The van der Waals surface area contributed by atoms with Crippen LogP contribution in [0.5, 0.6) is 0 Å². The van der Waals surface area contributed by atoms with E-state index in [4.69, 9.17) is 0 Å². The standard InChI is InChI=1S/C25H28N6O3S/c32-24(30-17-13-26-14-18-30)20-3-7-21(8-4-20)28-25-27-12-11-23(29-25)19-5-9-22(10-6-19)35(33,34)31-15-1-2-16-31/h3-12,26H,1-2,13-18H2,(H,27,28,29). The lowest BCUT2D eigenvalue weighted by atomic mass is 10.1. The molecule has 0 saturated carbocycles. The molecule has 3 heterocycles. The van der Waals surface area contributed by atoms with Gasteiger partial charge in [-0.25, -0.2) is 18.4 Å². The van der Waals surface area contributed by atoms with Crippen molar-refractivity contribution >= 4 is 27.6 Å². The summed E-state index contributed by atoms with van der Waals surface area (Å²) < 4.78 is 27.1. The highest BCUT2D eigenvalue weighted by Crippen LogP contribution is 2.25. The number of nitrogens with zero attached hydrogens (tertiary/aromatic N) is 4. The predicted octanol–water partition coefficient (Wildman–Crippen LogP) is 2.72. The van der Waals surface area contributed by atoms with E-state index in [2.05, 4.69) is 20.6 Å². The van der Waals surface area contributed by atoms with Gasteiger partial charge in [-0.1, -0.05) is 12.1 Å². The van der Waals surface area contributed by atoms with Crippen LogP contribution in [0.1, 0.15) is 23.2 Å². The minimum Gasteiger partial charge on any atom is -0.336 e. The first kappa shape index (κ1) is 23.4. The molecular formula is C25H28N6O3S. The molecule has 0 radical (unpaired) electrons. The molecule has 0 bridgehead atoms. The van der Waals surface area contributed by atoms with Gasteiger partial charge in [-0.05, 0) is 55.3 Å². The number of anilines is 2. The van der Waals surface area contributed by atoms with Gasteiger partial charge >= 0.3 is 0 Å². The average Bonchev–Trinajstić information content (AvgIpc) is 3.46. The highest BCUT2D eigenvalue weighted by atomic mass is 32.2. The van der Waals surface area contributed by atoms with Crippen LogP contribution in [0.3, 0.4) is 0 Å². The van der Waals surface area contributed by atoms with Crippen LogP contribution in [0.15, 0.2) is 65.7 Å². The van der Waals surface area contributed by atoms with Gasteiger partial charge in [0.1, 0.15) is 0 Å². The maximum atomic E-state index is 12.8. The third kappa shape index (κ3) is 5.19. The van der Waals surface area contributed by atoms with Crippen LogP contribution in [-0.4, -0.2) is 72.8 Å². The van der Waals surface area contributed by atoms with Crippen LogP contribution in [0.4, 0.5) is 11.6 Å². The van der Waals surface area contributed by atoms with E-state index in [1.54, 1.807) is 48.7 Å². The summed E-state index contributed by atoms with van der Waals surface area (Å²) in [7, 11) is -3.45. The van der Waals surface area contributed by atoms with Crippen molar-refractivity contribution in [2.75, 3.05) is 44.6 Å². The maximum absolute atomic E-state index is 12.8. The molecule has 2 aliphatic heterocycles. The van der Waals surface area contributed by atoms with E-state index in [0.29, 0.717) is 48.3 Å². The van der Waals surface area contributed by atoms with Gasteiger partial charge in [-0.15, -0.1) is 0 Å². The number of amides is 1. The lowest BCUT2D eigenvalue weighted by molar-refractivity contribution is 0.0736. The summed E-state index contributed by atoms with van der Waals surface area (Å²) in [6.45, 7) is 4.22. The Bertz CT molecular complexity index is 1280. The Balaban J connectivity index is 1.27. The van der Waals surface area contributed by atoms with Crippen LogP contribution in [0.2, 0.25) is 0 Å². The van der Waals surface area contributed by atoms with Gasteiger partial charge in [0, 0.05) is 62.3 Å². The fourth-order valence-corrected chi connectivity index (χ4v) is 5.85. The molecule has 2 N–H and O–H groups in total. The van der Waals surface area contributed by atoms with E-state index < -0.39 is 10.0 Å². The molecule has 5 rings (SSSR count). The molecule has 3 aromatic rings. The van der Waals surface area contributed by atoms with Crippen molar-refractivity contribution in [2.24, 2.45) is 0 Å². The minimum absolute atomic E-state index is 0.0338. The highest BCUT2D eigenvalue weighted by Gasteiger charge is 2.27. The molecule has 1 amide bonds.